The SMILES string of the molecule is Cc1ccc(C)c(CNC(=O)C2CCCN2)c1. The maximum absolute atomic E-state index is 11.8. The van der Waals surface area contributed by atoms with Crippen LogP contribution in [0.1, 0.15) is 29.5 Å². The first-order valence-corrected chi connectivity index (χ1v) is 6.24. The van der Waals surface area contributed by atoms with Crippen LogP contribution in [-0.4, -0.2) is 18.5 Å². The van der Waals surface area contributed by atoms with Gasteiger partial charge in [-0.3, -0.25) is 4.79 Å². The molecular weight excluding hydrogens is 212 g/mol. The second-order valence-electron chi connectivity index (χ2n) is 4.80. The monoisotopic (exact) mass is 232 g/mol. The Kier molecular flexibility index (Phi) is 3.79. The van der Waals surface area contributed by atoms with E-state index in [2.05, 4.69) is 42.7 Å². The van der Waals surface area contributed by atoms with E-state index in [1.807, 2.05) is 0 Å². The highest BCUT2D eigenvalue weighted by Gasteiger charge is 2.21. The summed E-state index contributed by atoms with van der Waals surface area (Å²) < 4.78 is 0. The van der Waals surface area contributed by atoms with Gasteiger partial charge in [-0.15, -0.1) is 0 Å². The van der Waals surface area contributed by atoms with Gasteiger partial charge in [-0.05, 0) is 44.4 Å². The molecule has 0 bridgehead atoms. The third-order valence-electron chi connectivity index (χ3n) is 3.33. The van der Waals surface area contributed by atoms with Crippen molar-refractivity contribution in [3.63, 3.8) is 0 Å². The van der Waals surface area contributed by atoms with Crippen molar-refractivity contribution < 1.29 is 4.79 Å². The lowest BCUT2D eigenvalue weighted by atomic mass is 10.1. The first kappa shape index (κ1) is 12.1. The maximum atomic E-state index is 11.8. The average molecular weight is 232 g/mol. The molecule has 17 heavy (non-hydrogen) atoms. The summed E-state index contributed by atoms with van der Waals surface area (Å²) in [6.45, 7) is 5.74. The van der Waals surface area contributed by atoms with Crippen LogP contribution in [0.5, 0.6) is 0 Å². The van der Waals surface area contributed by atoms with Crippen molar-refractivity contribution in [2.75, 3.05) is 6.54 Å². The Bertz CT molecular complexity index is 409. The Morgan fingerprint density at radius 2 is 2.29 bits per heavy atom. The van der Waals surface area contributed by atoms with Gasteiger partial charge in [0.15, 0.2) is 0 Å². The van der Waals surface area contributed by atoms with Crippen molar-refractivity contribution >= 4 is 5.91 Å². The number of carbonyl (C=O) groups excluding carboxylic acids is 1. The fourth-order valence-electron chi connectivity index (χ4n) is 2.20. The molecule has 2 rings (SSSR count). The number of aryl methyl sites for hydroxylation is 2. The highest BCUT2D eigenvalue weighted by Crippen LogP contribution is 2.11. The van der Waals surface area contributed by atoms with Gasteiger partial charge in [-0.2, -0.15) is 0 Å². The van der Waals surface area contributed by atoms with E-state index < -0.39 is 0 Å². The van der Waals surface area contributed by atoms with Crippen LogP contribution in [0, 0.1) is 13.8 Å². The van der Waals surface area contributed by atoms with E-state index in [9.17, 15) is 4.79 Å². The topological polar surface area (TPSA) is 41.1 Å². The van der Waals surface area contributed by atoms with E-state index in [-0.39, 0.29) is 11.9 Å². The van der Waals surface area contributed by atoms with Gasteiger partial charge in [-0.1, -0.05) is 23.8 Å². The van der Waals surface area contributed by atoms with Gasteiger partial charge in [0.2, 0.25) is 5.91 Å². The van der Waals surface area contributed by atoms with Crippen LogP contribution >= 0.6 is 0 Å². The third kappa shape index (κ3) is 3.07. The van der Waals surface area contributed by atoms with Crippen molar-refractivity contribution in [3.05, 3.63) is 34.9 Å². The van der Waals surface area contributed by atoms with Crippen LogP contribution in [0.2, 0.25) is 0 Å². The molecule has 1 fully saturated rings. The molecular formula is C14H20N2O. The fraction of sp³-hybridized carbons (Fsp3) is 0.500. The first-order chi connectivity index (χ1) is 8.16. The first-order valence-electron chi connectivity index (χ1n) is 6.24. The second-order valence-corrected chi connectivity index (χ2v) is 4.80. The minimum absolute atomic E-state index is 0.0140. The van der Waals surface area contributed by atoms with Crippen molar-refractivity contribution in [1.29, 1.82) is 0 Å². The summed E-state index contributed by atoms with van der Waals surface area (Å²) in [5.41, 5.74) is 3.67. The number of amides is 1. The number of carbonyl (C=O) groups is 1. The smallest absolute Gasteiger partial charge is 0.237 e. The number of hydrogen-bond acceptors (Lipinski definition) is 2. The Hall–Kier alpha value is -1.35. The molecule has 1 aliphatic heterocycles. The maximum Gasteiger partial charge on any atom is 0.237 e. The van der Waals surface area contributed by atoms with E-state index in [1.165, 1.54) is 16.7 Å². The summed E-state index contributed by atoms with van der Waals surface area (Å²) in [7, 11) is 0. The number of benzene rings is 1. The Labute approximate surface area is 103 Å². The lowest BCUT2D eigenvalue weighted by Gasteiger charge is -2.12. The van der Waals surface area contributed by atoms with Crippen molar-refractivity contribution in [2.24, 2.45) is 0 Å². The summed E-state index contributed by atoms with van der Waals surface area (Å²) in [5, 5.41) is 6.21. The predicted molar refractivity (Wildman–Crippen MR) is 68.8 cm³/mol. The summed E-state index contributed by atoms with van der Waals surface area (Å²) in [5.74, 6) is 0.128. The molecule has 1 saturated heterocycles. The summed E-state index contributed by atoms with van der Waals surface area (Å²) >= 11 is 0. The molecule has 1 atom stereocenters. The van der Waals surface area contributed by atoms with E-state index in [0.29, 0.717) is 6.54 Å². The largest absolute Gasteiger partial charge is 0.351 e. The lowest BCUT2D eigenvalue weighted by Crippen LogP contribution is -2.40. The third-order valence-corrected chi connectivity index (χ3v) is 3.33. The molecule has 92 valence electrons. The lowest BCUT2D eigenvalue weighted by molar-refractivity contribution is -0.122. The summed E-state index contributed by atoms with van der Waals surface area (Å²) in [6.07, 6.45) is 2.06. The second kappa shape index (κ2) is 5.32. The number of hydrogen-bond donors (Lipinski definition) is 2. The average Bonchev–Trinajstić information content (AvgIpc) is 2.83. The van der Waals surface area contributed by atoms with Gasteiger partial charge in [0.1, 0.15) is 0 Å². The molecule has 3 heteroatoms. The normalized spacial score (nSPS) is 19.3. The highest BCUT2D eigenvalue weighted by atomic mass is 16.2. The predicted octanol–water partition coefficient (Wildman–Crippen LogP) is 1.67. The zero-order chi connectivity index (χ0) is 12.3. The van der Waals surface area contributed by atoms with E-state index in [4.69, 9.17) is 0 Å². The van der Waals surface area contributed by atoms with Gasteiger partial charge < -0.3 is 10.6 Å². The molecule has 1 amide bonds. The van der Waals surface area contributed by atoms with E-state index in [1.54, 1.807) is 0 Å². The summed E-state index contributed by atoms with van der Waals surface area (Å²) in [4.78, 5) is 11.8. The molecule has 3 nitrogen and oxygen atoms in total. The van der Waals surface area contributed by atoms with Gasteiger partial charge in [0.05, 0.1) is 6.04 Å². The molecule has 1 unspecified atom stereocenters. The van der Waals surface area contributed by atoms with Crippen LogP contribution in [0.25, 0.3) is 0 Å². The van der Waals surface area contributed by atoms with Crippen molar-refractivity contribution in [1.82, 2.24) is 10.6 Å². The van der Waals surface area contributed by atoms with E-state index in [0.717, 1.165) is 19.4 Å². The standard InChI is InChI=1S/C14H20N2O/c1-10-5-6-11(2)12(8-10)9-16-14(17)13-4-3-7-15-13/h5-6,8,13,15H,3-4,7,9H2,1-2H3,(H,16,17). The van der Waals surface area contributed by atoms with Gasteiger partial charge in [0.25, 0.3) is 0 Å². The number of rotatable bonds is 3. The zero-order valence-electron chi connectivity index (χ0n) is 10.5. The zero-order valence-corrected chi connectivity index (χ0v) is 10.5. The molecule has 2 N–H and O–H groups in total. The molecule has 0 radical (unpaired) electrons. The van der Waals surface area contributed by atoms with Gasteiger partial charge in [0, 0.05) is 6.54 Å². The Balaban J connectivity index is 1.92. The molecule has 1 aromatic rings. The van der Waals surface area contributed by atoms with Crippen LogP contribution in [0.3, 0.4) is 0 Å². The number of nitrogens with one attached hydrogen (secondary N) is 2. The van der Waals surface area contributed by atoms with Crippen LogP contribution in [0.15, 0.2) is 18.2 Å². The molecule has 0 aromatic heterocycles. The van der Waals surface area contributed by atoms with Crippen LogP contribution < -0.4 is 10.6 Å². The molecule has 0 spiro atoms. The van der Waals surface area contributed by atoms with Crippen molar-refractivity contribution in [3.8, 4) is 0 Å². The Morgan fingerprint density at radius 3 is 3.00 bits per heavy atom. The molecule has 1 heterocycles. The fourth-order valence-corrected chi connectivity index (χ4v) is 2.20. The van der Waals surface area contributed by atoms with Crippen molar-refractivity contribution in [2.45, 2.75) is 39.3 Å². The molecule has 1 aromatic carbocycles. The quantitative estimate of drug-likeness (QED) is 0.832. The van der Waals surface area contributed by atoms with Gasteiger partial charge >= 0.3 is 0 Å². The van der Waals surface area contributed by atoms with Crippen LogP contribution in [-0.2, 0) is 11.3 Å². The van der Waals surface area contributed by atoms with Gasteiger partial charge in [-0.25, -0.2) is 0 Å². The van der Waals surface area contributed by atoms with Crippen LogP contribution in [0.4, 0.5) is 0 Å². The highest BCUT2D eigenvalue weighted by molar-refractivity contribution is 5.82. The minimum Gasteiger partial charge on any atom is -0.351 e. The molecule has 0 aliphatic carbocycles. The van der Waals surface area contributed by atoms with E-state index >= 15 is 0 Å². The Morgan fingerprint density at radius 1 is 1.47 bits per heavy atom. The summed E-state index contributed by atoms with van der Waals surface area (Å²) in [6, 6.07) is 6.35. The molecule has 1 aliphatic rings. The molecule has 0 saturated carbocycles. The minimum atomic E-state index is 0.0140.